The highest BCUT2D eigenvalue weighted by atomic mass is 16.5. The van der Waals surface area contributed by atoms with E-state index in [0.717, 1.165) is 43.3 Å². The lowest BCUT2D eigenvalue weighted by Gasteiger charge is -2.12. The molecular formula is C18H27N5O. The van der Waals surface area contributed by atoms with Crippen molar-refractivity contribution < 1.29 is 4.74 Å². The Hall–Kier alpha value is -2.34. The van der Waals surface area contributed by atoms with Gasteiger partial charge in [-0.05, 0) is 45.1 Å². The standard InChI is InChI=1S/C18H27N5O/c1-14-13-17(22-18(21-14)20-11-12-23(2)3)19-10-9-15-5-7-16(24-4)8-6-15/h5-8,13H,9-12H2,1-4H3,(H2,19,20,21,22). The van der Waals surface area contributed by atoms with Crippen LogP contribution in [0.2, 0.25) is 0 Å². The summed E-state index contributed by atoms with van der Waals surface area (Å²) in [4.78, 5) is 11.1. The van der Waals surface area contributed by atoms with Crippen LogP contribution in [0.4, 0.5) is 11.8 Å². The zero-order valence-corrected chi connectivity index (χ0v) is 15.0. The Morgan fingerprint density at radius 1 is 1.04 bits per heavy atom. The Morgan fingerprint density at radius 3 is 2.46 bits per heavy atom. The maximum atomic E-state index is 5.17. The molecule has 0 saturated heterocycles. The molecule has 0 fully saturated rings. The summed E-state index contributed by atoms with van der Waals surface area (Å²) in [5.74, 6) is 2.40. The maximum absolute atomic E-state index is 5.17. The van der Waals surface area contributed by atoms with Crippen molar-refractivity contribution in [3.05, 3.63) is 41.6 Å². The quantitative estimate of drug-likeness (QED) is 0.737. The van der Waals surface area contributed by atoms with Crippen LogP contribution in [-0.4, -0.2) is 55.7 Å². The number of rotatable bonds is 9. The lowest BCUT2D eigenvalue weighted by Crippen LogP contribution is -2.21. The first kappa shape index (κ1) is 18.0. The fraction of sp³-hybridized carbons (Fsp3) is 0.444. The summed E-state index contributed by atoms with van der Waals surface area (Å²) in [7, 11) is 5.77. The van der Waals surface area contributed by atoms with Gasteiger partial charge in [0.25, 0.3) is 0 Å². The third kappa shape index (κ3) is 6.04. The van der Waals surface area contributed by atoms with Crippen LogP contribution in [-0.2, 0) is 6.42 Å². The number of hydrogen-bond acceptors (Lipinski definition) is 6. The average Bonchev–Trinajstić information content (AvgIpc) is 2.55. The molecule has 2 aromatic rings. The molecule has 130 valence electrons. The topological polar surface area (TPSA) is 62.3 Å². The number of nitrogens with one attached hydrogen (secondary N) is 2. The van der Waals surface area contributed by atoms with Crippen molar-refractivity contribution >= 4 is 11.8 Å². The van der Waals surface area contributed by atoms with E-state index in [1.807, 2.05) is 39.2 Å². The van der Waals surface area contributed by atoms with E-state index >= 15 is 0 Å². The van der Waals surface area contributed by atoms with Crippen molar-refractivity contribution in [2.45, 2.75) is 13.3 Å². The van der Waals surface area contributed by atoms with E-state index in [0.29, 0.717) is 5.95 Å². The summed E-state index contributed by atoms with van der Waals surface area (Å²) in [5, 5.41) is 6.63. The van der Waals surface area contributed by atoms with Crippen LogP contribution in [0.1, 0.15) is 11.3 Å². The summed E-state index contributed by atoms with van der Waals surface area (Å²) in [5.41, 5.74) is 2.21. The van der Waals surface area contributed by atoms with Crippen LogP contribution in [0.25, 0.3) is 0 Å². The molecule has 0 spiro atoms. The van der Waals surface area contributed by atoms with Crippen molar-refractivity contribution in [2.24, 2.45) is 0 Å². The Morgan fingerprint density at radius 2 is 1.79 bits per heavy atom. The minimum Gasteiger partial charge on any atom is -0.497 e. The van der Waals surface area contributed by atoms with Crippen molar-refractivity contribution in [1.82, 2.24) is 14.9 Å². The van der Waals surface area contributed by atoms with Gasteiger partial charge in [-0.25, -0.2) is 4.98 Å². The first-order chi connectivity index (χ1) is 11.6. The number of likely N-dealkylation sites (N-methyl/N-ethyl adjacent to an activating group) is 1. The SMILES string of the molecule is COc1ccc(CCNc2cc(C)nc(NCCN(C)C)n2)cc1. The molecule has 2 rings (SSSR count). The Labute approximate surface area is 144 Å². The van der Waals surface area contributed by atoms with Crippen molar-refractivity contribution in [1.29, 1.82) is 0 Å². The van der Waals surface area contributed by atoms with E-state index < -0.39 is 0 Å². The lowest BCUT2D eigenvalue weighted by atomic mass is 10.1. The number of aromatic nitrogens is 2. The van der Waals surface area contributed by atoms with E-state index in [1.165, 1.54) is 5.56 Å². The van der Waals surface area contributed by atoms with Gasteiger partial charge in [0.15, 0.2) is 0 Å². The molecule has 0 aliphatic heterocycles. The molecule has 0 radical (unpaired) electrons. The van der Waals surface area contributed by atoms with Gasteiger partial charge in [-0.3, -0.25) is 0 Å². The van der Waals surface area contributed by atoms with Crippen molar-refractivity contribution in [2.75, 3.05) is 51.5 Å². The molecule has 0 aliphatic rings. The summed E-state index contributed by atoms with van der Waals surface area (Å²) in [6.45, 7) is 4.56. The maximum Gasteiger partial charge on any atom is 0.224 e. The fourth-order valence-electron chi connectivity index (χ4n) is 2.26. The van der Waals surface area contributed by atoms with Gasteiger partial charge in [0.05, 0.1) is 7.11 Å². The Bertz CT molecular complexity index is 628. The number of aryl methyl sites for hydroxylation is 1. The first-order valence-electron chi connectivity index (χ1n) is 8.18. The summed E-state index contributed by atoms with van der Waals surface area (Å²) in [6.07, 6.45) is 0.927. The van der Waals surface area contributed by atoms with Crippen LogP contribution in [0, 0.1) is 6.92 Å². The molecule has 0 bridgehead atoms. The van der Waals surface area contributed by atoms with Crippen LogP contribution < -0.4 is 15.4 Å². The Balaban J connectivity index is 1.85. The molecule has 6 heteroatoms. The highest BCUT2D eigenvalue weighted by Gasteiger charge is 2.02. The van der Waals surface area contributed by atoms with E-state index in [4.69, 9.17) is 4.74 Å². The fourth-order valence-corrected chi connectivity index (χ4v) is 2.26. The molecule has 2 N–H and O–H groups in total. The van der Waals surface area contributed by atoms with Gasteiger partial charge in [-0.2, -0.15) is 4.98 Å². The molecule has 0 saturated carbocycles. The second kappa shape index (κ2) is 9.08. The molecule has 1 heterocycles. The van der Waals surface area contributed by atoms with Gasteiger partial charge in [-0.15, -0.1) is 0 Å². The predicted molar refractivity (Wildman–Crippen MR) is 99.0 cm³/mol. The van der Waals surface area contributed by atoms with Crippen LogP contribution in [0.3, 0.4) is 0 Å². The second-order valence-corrected chi connectivity index (χ2v) is 5.97. The summed E-state index contributed by atoms with van der Waals surface area (Å²) in [6, 6.07) is 10.1. The first-order valence-corrected chi connectivity index (χ1v) is 8.18. The summed E-state index contributed by atoms with van der Waals surface area (Å²) < 4.78 is 5.17. The van der Waals surface area contributed by atoms with Gasteiger partial charge in [-0.1, -0.05) is 12.1 Å². The van der Waals surface area contributed by atoms with Crippen LogP contribution >= 0.6 is 0 Å². The minimum absolute atomic E-state index is 0.670. The van der Waals surface area contributed by atoms with Gasteiger partial charge < -0.3 is 20.3 Å². The highest BCUT2D eigenvalue weighted by molar-refractivity contribution is 5.42. The zero-order chi connectivity index (χ0) is 17.4. The number of ether oxygens (including phenoxy) is 1. The number of anilines is 2. The van der Waals surface area contributed by atoms with Crippen molar-refractivity contribution in [3.8, 4) is 5.75 Å². The third-order valence-corrected chi connectivity index (χ3v) is 3.58. The smallest absolute Gasteiger partial charge is 0.224 e. The van der Waals surface area contributed by atoms with Gasteiger partial charge >= 0.3 is 0 Å². The summed E-state index contributed by atoms with van der Waals surface area (Å²) >= 11 is 0. The Kier molecular flexibility index (Phi) is 6.81. The predicted octanol–water partition coefficient (Wildman–Crippen LogP) is 2.42. The van der Waals surface area contributed by atoms with E-state index in [9.17, 15) is 0 Å². The van der Waals surface area contributed by atoms with Gasteiger partial charge in [0, 0.05) is 31.4 Å². The van der Waals surface area contributed by atoms with Gasteiger partial charge in [0.1, 0.15) is 11.6 Å². The lowest BCUT2D eigenvalue weighted by molar-refractivity contribution is 0.414. The molecule has 0 atom stereocenters. The van der Waals surface area contributed by atoms with Crippen molar-refractivity contribution in [3.63, 3.8) is 0 Å². The highest BCUT2D eigenvalue weighted by Crippen LogP contribution is 2.13. The molecule has 0 aliphatic carbocycles. The largest absolute Gasteiger partial charge is 0.497 e. The molecule has 24 heavy (non-hydrogen) atoms. The molecule has 1 aromatic heterocycles. The van der Waals surface area contributed by atoms with Gasteiger partial charge in [0.2, 0.25) is 5.95 Å². The molecular weight excluding hydrogens is 302 g/mol. The third-order valence-electron chi connectivity index (χ3n) is 3.58. The number of hydrogen-bond donors (Lipinski definition) is 2. The molecule has 6 nitrogen and oxygen atoms in total. The molecule has 0 unspecified atom stereocenters. The second-order valence-electron chi connectivity index (χ2n) is 5.97. The van der Waals surface area contributed by atoms with Crippen LogP contribution in [0.5, 0.6) is 5.75 Å². The van der Waals surface area contributed by atoms with E-state index in [-0.39, 0.29) is 0 Å². The number of methoxy groups -OCH3 is 1. The molecule has 0 amide bonds. The molecule has 1 aromatic carbocycles. The monoisotopic (exact) mass is 329 g/mol. The zero-order valence-electron chi connectivity index (χ0n) is 15.0. The number of nitrogens with zero attached hydrogens (tertiary/aromatic N) is 3. The van der Waals surface area contributed by atoms with Crippen LogP contribution in [0.15, 0.2) is 30.3 Å². The average molecular weight is 329 g/mol. The van der Waals surface area contributed by atoms with E-state index in [2.05, 4.69) is 37.6 Å². The minimum atomic E-state index is 0.670. The van der Waals surface area contributed by atoms with E-state index in [1.54, 1.807) is 7.11 Å². The number of benzene rings is 1. The normalized spacial score (nSPS) is 10.7.